The number of nitrogens with two attached hydrogens (primary N) is 1. The smallest absolute Gasteiger partial charge is 0.137 e. The van der Waals surface area contributed by atoms with Crippen LogP contribution in [0.3, 0.4) is 0 Å². The van der Waals surface area contributed by atoms with E-state index in [0.717, 1.165) is 17.5 Å². The average molecular weight is 280 g/mol. The molecule has 0 fully saturated rings. The van der Waals surface area contributed by atoms with E-state index in [9.17, 15) is 0 Å². The molecule has 1 atom stereocenters. The lowest BCUT2D eigenvalue weighted by molar-refractivity contribution is 0.322. The minimum Gasteiger partial charge on any atom is -0.492 e. The molecule has 0 spiro atoms. The molecule has 2 aromatic rings. The standard InChI is InChI=1S/C14H18ClN3O/c1-10(16)12-3-4-14(13(15)7-12)19-6-5-11-8-17-18(2)9-11/h3-4,7-10H,5-6,16H2,1-2H3/t10-/m1/s1. The fraction of sp³-hybridized carbons (Fsp3) is 0.357. The van der Waals surface area contributed by atoms with E-state index < -0.39 is 0 Å². The molecule has 0 unspecified atom stereocenters. The van der Waals surface area contributed by atoms with Gasteiger partial charge in [0.15, 0.2) is 0 Å². The lowest BCUT2D eigenvalue weighted by atomic mass is 10.1. The third kappa shape index (κ3) is 3.72. The number of aryl methyl sites for hydroxylation is 1. The minimum absolute atomic E-state index is 0.0260. The van der Waals surface area contributed by atoms with E-state index in [1.54, 1.807) is 4.68 Å². The second-order valence-corrected chi connectivity index (χ2v) is 5.01. The lowest BCUT2D eigenvalue weighted by Crippen LogP contribution is -2.05. The van der Waals surface area contributed by atoms with Crippen LogP contribution in [0.5, 0.6) is 5.75 Å². The van der Waals surface area contributed by atoms with Crippen molar-refractivity contribution in [3.8, 4) is 5.75 Å². The van der Waals surface area contributed by atoms with E-state index in [0.29, 0.717) is 17.4 Å². The first kappa shape index (κ1) is 13.9. The van der Waals surface area contributed by atoms with Gasteiger partial charge in [-0.15, -0.1) is 0 Å². The molecule has 0 bridgehead atoms. The Morgan fingerprint density at radius 1 is 1.47 bits per heavy atom. The lowest BCUT2D eigenvalue weighted by Gasteiger charge is -2.10. The van der Waals surface area contributed by atoms with E-state index in [2.05, 4.69) is 5.10 Å². The van der Waals surface area contributed by atoms with Gasteiger partial charge in [0.2, 0.25) is 0 Å². The number of aromatic nitrogens is 2. The summed E-state index contributed by atoms with van der Waals surface area (Å²) in [4.78, 5) is 0. The van der Waals surface area contributed by atoms with Crippen molar-refractivity contribution in [3.63, 3.8) is 0 Å². The summed E-state index contributed by atoms with van der Waals surface area (Å²) >= 11 is 6.16. The van der Waals surface area contributed by atoms with Crippen LogP contribution >= 0.6 is 11.6 Å². The van der Waals surface area contributed by atoms with E-state index in [1.165, 1.54) is 0 Å². The molecule has 2 rings (SSSR count). The van der Waals surface area contributed by atoms with E-state index in [1.807, 2.05) is 44.6 Å². The molecule has 0 saturated carbocycles. The molecule has 0 aliphatic carbocycles. The van der Waals surface area contributed by atoms with Crippen LogP contribution in [-0.2, 0) is 13.5 Å². The SMILES string of the molecule is C[C@@H](N)c1ccc(OCCc2cnn(C)c2)c(Cl)c1. The maximum Gasteiger partial charge on any atom is 0.137 e. The summed E-state index contributed by atoms with van der Waals surface area (Å²) in [5.41, 5.74) is 7.95. The van der Waals surface area contributed by atoms with Gasteiger partial charge >= 0.3 is 0 Å². The van der Waals surface area contributed by atoms with E-state index >= 15 is 0 Å². The second kappa shape index (κ2) is 6.08. The maximum atomic E-state index is 6.16. The molecule has 4 nitrogen and oxygen atoms in total. The first-order chi connectivity index (χ1) is 9.06. The molecule has 1 aromatic heterocycles. The molecule has 5 heteroatoms. The number of ether oxygens (including phenoxy) is 1. The first-order valence-electron chi connectivity index (χ1n) is 6.21. The van der Waals surface area contributed by atoms with Gasteiger partial charge in [0.25, 0.3) is 0 Å². The Morgan fingerprint density at radius 3 is 2.84 bits per heavy atom. The Morgan fingerprint density at radius 2 is 2.26 bits per heavy atom. The summed E-state index contributed by atoms with van der Waals surface area (Å²) in [6.07, 6.45) is 4.62. The Hall–Kier alpha value is -1.52. The number of halogens is 1. The predicted molar refractivity (Wildman–Crippen MR) is 76.5 cm³/mol. The van der Waals surface area contributed by atoms with Crippen molar-refractivity contribution >= 4 is 11.6 Å². The molecule has 19 heavy (non-hydrogen) atoms. The Balaban J connectivity index is 1.92. The van der Waals surface area contributed by atoms with Crippen LogP contribution in [-0.4, -0.2) is 16.4 Å². The zero-order valence-electron chi connectivity index (χ0n) is 11.1. The molecular formula is C14H18ClN3O. The van der Waals surface area contributed by atoms with Crippen LogP contribution in [0.4, 0.5) is 0 Å². The van der Waals surface area contributed by atoms with Crippen LogP contribution in [0, 0.1) is 0 Å². The molecule has 102 valence electrons. The number of hydrogen-bond donors (Lipinski definition) is 1. The number of rotatable bonds is 5. The van der Waals surface area contributed by atoms with Crippen LogP contribution in [0.15, 0.2) is 30.6 Å². The summed E-state index contributed by atoms with van der Waals surface area (Å²) < 4.78 is 7.45. The molecule has 0 saturated heterocycles. The van der Waals surface area contributed by atoms with Crippen molar-refractivity contribution in [2.24, 2.45) is 12.8 Å². The third-order valence-corrected chi connectivity index (χ3v) is 3.18. The fourth-order valence-electron chi connectivity index (χ4n) is 1.80. The van der Waals surface area contributed by atoms with Gasteiger partial charge in [-0.25, -0.2) is 0 Å². The maximum absolute atomic E-state index is 6.16. The number of nitrogens with zero attached hydrogens (tertiary/aromatic N) is 2. The van der Waals surface area contributed by atoms with Crippen molar-refractivity contribution in [1.29, 1.82) is 0 Å². The third-order valence-electron chi connectivity index (χ3n) is 2.89. The van der Waals surface area contributed by atoms with E-state index in [4.69, 9.17) is 22.1 Å². The van der Waals surface area contributed by atoms with Crippen molar-refractivity contribution in [3.05, 3.63) is 46.7 Å². The van der Waals surface area contributed by atoms with Gasteiger partial charge in [-0.1, -0.05) is 17.7 Å². The van der Waals surface area contributed by atoms with Crippen LogP contribution in [0.2, 0.25) is 5.02 Å². The number of benzene rings is 1. The molecule has 0 aliphatic heterocycles. The number of hydrogen-bond acceptors (Lipinski definition) is 3. The van der Waals surface area contributed by atoms with Crippen molar-refractivity contribution in [1.82, 2.24) is 9.78 Å². The van der Waals surface area contributed by atoms with Crippen molar-refractivity contribution in [2.45, 2.75) is 19.4 Å². The van der Waals surface area contributed by atoms with Crippen molar-refractivity contribution < 1.29 is 4.74 Å². The van der Waals surface area contributed by atoms with Gasteiger partial charge in [-0.05, 0) is 30.2 Å². The first-order valence-corrected chi connectivity index (χ1v) is 6.59. The van der Waals surface area contributed by atoms with Gasteiger partial charge in [-0.3, -0.25) is 4.68 Å². The van der Waals surface area contributed by atoms with Gasteiger partial charge < -0.3 is 10.5 Å². The van der Waals surface area contributed by atoms with Gasteiger partial charge in [-0.2, -0.15) is 5.10 Å². The highest BCUT2D eigenvalue weighted by Crippen LogP contribution is 2.27. The fourth-order valence-corrected chi connectivity index (χ4v) is 2.04. The van der Waals surface area contributed by atoms with Gasteiger partial charge in [0.1, 0.15) is 5.75 Å². The molecular weight excluding hydrogens is 262 g/mol. The summed E-state index contributed by atoms with van der Waals surface area (Å²) in [5.74, 6) is 0.690. The summed E-state index contributed by atoms with van der Waals surface area (Å²) in [6.45, 7) is 2.50. The second-order valence-electron chi connectivity index (χ2n) is 4.60. The topological polar surface area (TPSA) is 53.1 Å². The largest absolute Gasteiger partial charge is 0.492 e. The zero-order chi connectivity index (χ0) is 13.8. The van der Waals surface area contributed by atoms with Crippen LogP contribution < -0.4 is 10.5 Å². The highest BCUT2D eigenvalue weighted by Gasteiger charge is 2.06. The molecule has 0 radical (unpaired) electrons. The zero-order valence-corrected chi connectivity index (χ0v) is 11.9. The minimum atomic E-state index is -0.0260. The monoisotopic (exact) mass is 279 g/mol. The highest BCUT2D eigenvalue weighted by molar-refractivity contribution is 6.32. The summed E-state index contributed by atoms with van der Waals surface area (Å²) in [6, 6.07) is 5.63. The highest BCUT2D eigenvalue weighted by atomic mass is 35.5. The predicted octanol–water partition coefficient (Wildman–Crippen LogP) is 2.71. The molecule has 1 heterocycles. The molecule has 0 amide bonds. The Kier molecular flexibility index (Phi) is 4.45. The molecule has 2 N–H and O–H groups in total. The van der Waals surface area contributed by atoms with Crippen LogP contribution in [0.1, 0.15) is 24.1 Å². The van der Waals surface area contributed by atoms with Crippen molar-refractivity contribution in [2.75, 3.05) is 6.61 Å². The Bertz CT molecular complexity index is 551. The Labute approximate surface area is 118 Å². The van der Waals surface area contributed by atoms with E-state index in [-0.39, 0.29) is 6.04 Å². The molecule has 1 aromatic carbocycles. The normalized spacial score (nSPS) is 12.4. The van der Waals surface area contributed by atoms with Gasteiger partial charge in [0, 0.05) is 25.7 Å². The molecule has 0 aliphatic rings. The summed E-state index contributed by atoms with van der Waals surface area (Å²) in [7, 11) is 1.90. The quantitative estimate of drug-likeness (QED) is 0.916. The van der Waals surface area contributed by atoms with Crippen LogP contribution in [0.25, 0.3) is 0 Å². The van der Waals surface area contributed by atoms with Gasteiger partial charge in [0.05, 0.1) is 17.8 Å². The average Bonchev–Trinajstić information content (AvgIpc) is 2.77. The summed E-state index contributed by atoms with van der Waals surface area (Å²) in [5, 5.41) is 4.71.